The minimum Gasteiger partial charge on any atom is -1.00 e. The molecular formula is C10H14ClN5. The zero-order chi connectivity index (χ0) is 10.4. The largest absolute Gasteiger partial charge is 1.00 e. The summed E-state index contributed by atoms with van der Waals surface area (Å²) in [5, 5.41) is 3.22. The number of aromatic nitrogens is 3. The summed E-state index contributed by atoms with van der Waals surface area (Å²) in [6.45, 7) is 0. The highest BCUT2D eigenvalue weighted by Gasteiger charge is 2.31. The van der Waals surface area contributed by atoms with Gasteiger partial charge in [-0.2, -0.15) is 5.10 Å². The van der Waals surface area contributed by atoms with E-state index in [4.69, 9.17) is 5.73 Å². The Morgan fingerprint density at radius 1 is 1.56 bits per heavy atom. The standard InChI is InChI=1S/C10H13N5.ClH/c1-14(8-2-3-8)10-12-9-6-7(11)4-5-15(9)13-10;/h4-6,8H,2-3H2,1H3,(H2,11,12,13);1H. The molecule has 1 aliphatic rings. The van der Waals surface area contributed by atoms with E-state index in [0.29, 0.717) is 6.04 Å². The molecule has 0 spiro atoms. The summed E-state index contributed by atoms with van der Waals surface area (Å²) in [4.78, 5) is 6.67. The Bertz CT molecular complexity index is 505. The number of aromatic amines is 1. The van der Waals surface area contributed by atoms with Crippen LogP contribution in [0.2, 0.25) is 0 Å². The first kappa shape index (κ1) is 11.0. The van der Waals surface area contributed by atoms with E-state index in [1.165, 1.54) is 12.8 Å². The summed E-state index contributed by atoms with van der Waals surface area (Å²) in [7, 11) is 2.07. The van der Waals surface area contributed by atoms with Crippen molar-refractivity contribution in [3.63, 3.8) is 0 Å². The summed E-state index contributed by atoms with van der Waals surface area (Å²) in [6.07, 6.45) is 4.42. The maximum Gasteiger partial charge on any atom is 0.353 e. The Balaban J connectivity index is 0.000000963. The fraction of sp³-hybridized carbons (Fsp3) is 0.400. The van der Waals surface area contributed by atoms with E-state index in [1.807, 2.05) is 22.8 Å². The van der Waals surface area contributed by atoms with Gasteiger partial charge in [0.05, 0.1) is 6.07 Å². The maximum atomic E-state index is 5.70. The molecule has 2 heterocycles. The van der Waals surface area contributed by atoms with Gasteiger partial charge in [0.2, 0.25) is 0 Å². The van der Waals surface area contributed by atoms with Crippen molar-refractivity contribution in [1.29, 1.82) is 0 Å². The second-order valence-corrected chi connectivity index (χ2v) is 4.08. The van der Waals surface area contributed by atoms with Crippen LogP contribution in [-0.2, 0) is 0 Å². The zero-order valence-electron chi connectivity index (χ0n) is 9.02. The van der Waals surface area contributed by atoms with Crippen molar-refractivity contribution in [3.05, 3.63) is 18.3 Å². The van der Waals surface area contributed by atoms with Crippen LogP contribution in [-0.4, -0.2) is 23.2 Å². The fourth-order valence-electron chi connectivity index (χ4n) is 1.72. The first-order valence-corrected chi connectivity index (χ1v) is 5.14. The third-order valence-corrected chi connectivity index (χ3v) is 2.83. The van der Waals surface area contributed by atoms with Crippen molar-refractivity contribution >= 4 is 17.3 Å². The van der Waals surface area contributed by atoms with Crippen LogP contribution in [0.3, 0.4) is 0 Å². The maximum absolute atomic E-state index is 5.70. The van der Waals surface area contributed by atoms with Gasteiger partial charge in [-0.25, -0.2) is 0 Å². The quantitative estimate of drug-likeness (QED) is 0.562. The molecule has 2 aromatic heterocycles. The average Bonchev–Trinajstić information content (AvgIpc) is 2.97. The van der Waals surface area contributed by atoms with Gasteiger partial charge in [0, 0.05) is 29.8 Å². The average molecular weight is 240 g/mol. The molecule has 2 aromatic rings. The number of hydrogen-bond acceptors (Lipinski definition) is 3. The van der Waals surface area contributed by atoms with E-state index < -0.39 is 0 Å². The van der Waals surface area contributed by atoms with E-state index in [-0.39, 0.29) is 12.4 Å². The Labute approximate surface area is 99.7 Å². The zero-order valence-corrected chi connectivity index (χ0v) is 9.78. The van der Waals surface area contributed by atoms with Gasteiger partial charge in [-0.1, -0.05) is 0 Å². The minimum atomic E-state index is 0. The number of fused-ring (bicyclic) bond motifs is 1. The van der Waals surface area contributed by atoms with E-state index in [1.54, 1.807) is 0 Å². The highest BCUT2D eigenvalue weighted by Crippen LogP contribution is 2.27. The normalized spacial score (nSPS) is 14.8. The molecule has 3 N–H and O–H groups in total. The van der Waals surface area contributed by atoms with Crippen LogP contribution in [0.1, 0.15) is 12.8 Å². The number of pyridine rings is 1. The number of nitrogens with zero attached hydrogens (tertiary/aromatic N) is 3. The Morgan fingerprint density at radius 3 is 3.00 bits per heavy atom. The summed E-state index contributed by atoms with van der Waals surface area (Å²) >= 11 is 0. The molecule has 1 fully saturated rings. The molecule has 16 heavy (non-hydrogen) atoms. The lowest BCUT2D eigenvalue weighted by molar-refractivity contribution is -0.576. The molecule has 6 heteroatoms. The van der Waals surface area contributed by atoms with Gasteiger partial charge in [0.25, 0.3) is 0 Å². The lowest BCUT2D eigenvalue weighted by atomic mass is 10.4. The molecule has 5 nitrogen and oxygen atoms in total. The van der Waals surface area contributed by atoms with E-state index in [0.717, 1.165) is 17.3 Å². The van der Waals surface area contributed by atoms with Crippen molar-refractivity contribution in [2.24, 2.45) is 0 Å². The molecule has 0 unspecified atom stereocenters. The fourth-order valence-corrected chi connectivity index (χ4v) is 1.72. The van der Waals surface area contributed by atoms with Crippen molar-refractivity contribution in [1.82, 2.24) is 10.1 Å². The van der Waals surface area contributed by atoms with Crippen LogP contribution in [0.5, 0.6) is 0 Å². The van der Waals surface area contributed by atoms with E-state index in [2.05, 4.69) is 22.0 Å². The van der Waals surface area contributed by atoms with Gasteiger partial charge in [-0.15, -0.1) is 4.52 Å². The third kappa shape index (κ3) is 1.78. The molecule has 1 aliphatic carbocycles. The van der Waals surface area contributed by atoms with Gasteiger partial charge in [-0.05, 0) is 12.8 Å². The van der Waals surface area contributed by atoms with Crippen LogP contribution in [0.25, 0.3) is 5.65 Å². The molecule has 0 aliphatic heterocycles. The van der Waals surface area contributed by atoms with Gasteiger partial charge in [0.1, 0.15) is 6.20 Å². The molecule has 0 radical (unpaired) electrons. The molecular weight excluding hydrogens is 226 g/mol. The molecule has 0 bridgehead atoms. The number of anilines is 2. The van der Waals surface area contributed by atoms with Crippen LogP contribution >= 0.6 is 0 Å². The Hall–Kier alpha value is -1.49. The van der Waals surface area contributed by atoms with Gasteiger partial charge >= 0.3 is 11.6 Å². The van der Waals surface area contributed by atoms with E-state index in [9.17, 15) is 0 Å². The number of nitrogens with two attached hydrogens (primary N) is 1. The van der Waals surface area contributed by atoms with Crippen molar-refractivity contribution < 1.29 is 16.9 Å². The summed E-state index contributed by atoms with van der Waals surface area (Å²) in [6, 6.07) is 4.37. The van der Waals surface area contributed by atoms with Crippen LogP contribution < -0.4 is 27.6 Å². The molecule has 0 atom stereocenters. The number of hydrogen-bond donors (Lipinski definition) is 2. The Morgan fingerprint density at radius 2 is 2.31 bits per heavy atom. The first-order valence-electron chi connectivity index (χ1n) is 5.14. The van der Waals surface area contributed by atoms with Gasteiger partial charge < -0.3 is 23.0 Å². The number of nitrogens with one attached hydrogen (secondary N) is 1. The monoisotopic (exact) mass is 239 g/mol. The first-order chi connectivity index (χ1) is 7.24. The lowest BCUT2D eigenvalue weighted by Crippen LogP contribution is -3.00. The van der Waals surface area contributed by atoms with Crippen LogP contribution in [0.15, 0.2) is 18.3 Å². The summed E-state index contributed by atoms with van der Waals surface area (Å²) in [5.41, 5.74) is 7.30. The van der Waals surface area contributed by atoms with Gasteiger partial charge in [-0.3, -0.25) is 0 Å². The number of halogens is 1. The SMILES string of the molecule is CN(c1nc2cc(N)cc[n+]2[nH]1)C1CC1.[Cl-]. The van der Waals surface area contributed by atoms with Gasteiger partial charge in [0.15, 0.2) is 0 Å². The number of H-pyrrole nitrogens is 1. The highest BCUT2D eigenvalue weighted by atomic mass is 35.5. The summed E-state index contributed by atoms with van der Waals surface area (Å²) < 4.78 is 1.88. The topological polar surface area (TPSA) is 62.0 Å². The second-order valence-electron chi connectivity index (χ2n) is 4.08. The smallest absolute Gasteiger partial charge is 0.353 e. The second kappa shape index (κ2) is 3.83. The van der Waals surface area contributed by atoms with Crippen molar-refractivity contribution in [2.45, 2.75) is 18.9 Å². The predicted octanol–water partition coefficient (Wildman–Crippen LogP) is -2.67. The predicted molar refractivity (Wildman–Crippen MR) is 57.6 cm³/mol. The molecule has 0 saturated heterocycles. The Kier molecular flexibility index (Phi) is 2.63. The third-order valence-electron chi connectivity index (χ3n) is 2.83. The van der Waals surface area contributed by atoms with E-state index >= 15 is 0 Å². The van der Waals surface area contributed by atoms with Crippen molar-refractivity contribution in [3.8, 4) is 0 Å². The number of nitrogen functional groups attached to an aromatic ring is 1. The lowest BCUT2D eigenvalue weighted by Gasteiger charge is -2.08. The summed E-state index contributed by atoms with van der Waals surface area (Å²) in [5.74, 6) is 0.906. The molecule has 0 aromatic carbocycles. The highest BCUT2D eigenvalue weighted by molar-refractivity contribution is 5.48. The van der Waals surface area contributed by atoms with Crippen LogP contribution in [0.4, 0.5) is 11.6 Å². The molecule has 0 amide bonds. The van der Waals surface area contributed by atoms with Crippen LogP contribution in [0, 0.1) is 0 Å². The number of rotatable bonds is 2. The van der Waals surface area contributed by atoms with Crippen molar-refractivity contribution in [2.75, 3.05) is 17.7 Å². The molecule has 1 saturated carbocycles. The minimum absolute atomic E-state index is 0. The molecule has 3 rings (SSSR count). The molecule has 86 valence electrons.